The van der Waals surface area contributed by atoms with E-state index in [1.807, 2.05) is 0 Å². The van der Waals surface area contributed by atoms with E-state index in [2.05, 4.69) is 47.2 Å². The molecule has 2 aromatic carbocycles. The summed E-state index contributed by atoms with van der Waals surface area (Å²) in [5.74, 6) is -9.95. The van der Waals surface area contributed by atoms with Crippen LogP contribution in [0, 0.1) is 5.92 Å². The lowest BCUT2D eigenvalue weighted by Gasteiger charge is -2.46. The summed E-state index contributed by atoms with van der Waals surface area (Å²) >= 11 is 0. The molecule has 38 heteroatoms. The van der Waals surface area contributed by atoms with E-state index >= 15 is 9.59 Å². The van der Waals surface area contributed by atoms with Gasteiger partial charge < -0.3 is 148 Å². The van der Waals surface area contributed by atoms with Crippen molar-refractivity contribution in [1.82, 2.24) is 42.1 Å². The van der Waals surface area contributed by atoms with Gasteiger partial charge in [-0.3, -0.25) is 43.5 Å². The molecule has 0 aromatic heterocycles. The lowest BCUT2D eigenvalue weighted by molar-refractivity contribution is -0.353. The standard InChI is InChI=1S/C59H86N12O26/c1-22(2)13-35(77)96-48-32(20-74)95-57(47(86)43(48)82)97-49-33(21-75)94-56(46(85)44(49)83)92-26-11-9-24(10-12-26)14-27-51(88)69-37(39(78)28-15-63-58(60)67-28)54(91)70-38(40(79)30-16-64-59(61)71(30)55-45(84)42(81)41(80)31(19-73)93-55)53(90)66-29(18-72)50(87)62-17-34(76)68-36(52(89)65-27)23(3)25-7-5-4-6-8-25/h4-12,22-23,27-33,36-49,55-57,72-75,78-86H,13-21H2,1-3H3,(H2,61,64)(H,62,87)(H,65,89)(H,66,90)(H,68,76)(H,69,88)(H,70,91)(H3,60,63,67)/t23?,27-,28?,29+,30?,31-,32-,33-,36-,37+,38-,39?,40?,41-,42+,43-,44-,45+,46+,47+,48-,49-,55+,56+,57-/m1/s1. The maximum atomic E-state index is 15.2. The Balaban J connectivity index is 1.08. The summed E-state index contributed by atoms with van der Waals surface area (Å²) in [6, 6.07) is 0.741. The molecular weight excluding hydrogens is 1290 g/mol. The van der Waals surface area contributed by atoms with Crippen molar-refractivity contribution in [3.05, 3.63) is 65.7 Å². The second-order valence-corrected chi connectivity index (χ2v) is 24.6. The van der Waals surface area contributed by atoms with Crippen molar-refractivity contribution in [2.75, 3.05) is 46.1 Å². The summed E-state index contributed by atoms with van der Waals surface area (Å²) < 4.78 is 34.1. The van der Waals surface area contributed by atoms with Crippen LogP contribution in [0.25, 0.3) is 0 Å². The van der Waals surface area contributed by atoms with Gasteiger partial charge in [0.25, 0.3) is 0 Å². The van der Waals surface area contributed by atoms with Crippen molar-refractivity contribution in [2.45, 2.75) is 186 Å². The molecule has 8 rings (SSSR count). The van der Waals surface area contributed by atoms with Crippen LogP contribution in [0.15, 0.2) is 64.6 Å². The quantitative estimate of drug-likeness (QED) is 0.0547. The molecule has 24 N–H and O–H groups in total. The highest BCUT2D eigenvalue weighted by Gasteiger charge is 2.55. The number of guanidine groups is 2. The predicted octanol–water partition coefficient (Wildman–Crippen LogP) is -12.0. The minimum atomic E-state index is -2.35. The molecule has 6 aliphatic heterocycles. The van der Waals surface area contributed by atoms with E-state index in [4.69, 9.17) is 39.9 Å². The lowest BCUT2D eigenvalue weighted by Crippen LogP contribution is -2.70. The first-order valence-electron chi connectivity index (χ1n) is 31.2. The van der Waals surface area contributed by atoms with Crippen LogP contribution < -0.4 is 53.4 Å². The van der Waals surface area contributed by atoms with E-state index in [1.54, 1.807) is 51.1 Å². The maximum absolute atomic E-state index is 15.2. The van der Waals surface area contributed by atoms with Gasteiger partial charge >= 0.3 is 5.97 Å². The molecule has 25 atom stereocenters. The van der Waals surface area contributed by atoms with E-state index in [0.717, 1.165) is 4.90 Å². The van der Waals surface area contributed by atoms with Gasteiger partial charge in [-0.25, -0.2) is 0 Å². The summed E-state index contributed by atoms with van der Waals surface area (Å²) in [5, 5.41) is 160. The lowest BCUT2D eigenvalue weighted by atomic mass is 9.92. The highest BCUT2D eigenvalue weighted by Crippen LogP contribution is 2.33. The van der Waals surface area contributed by atoms with Crippen LogP contribution in [0.1, 0.15) is 44.2 Å². The Bertz CT molecular complexity index is 3100. The number of hydrogen-bond acceptors (Lipinski definition) is 32. The molecule has 538 valence electrons. The second-order valence-electron chi connectivity index (χ2n) is 24.6. The van der Waals surface area contributed by atoms with Crippen LogP contribution in [-0.4, -0.2) is 317 Å². The molecule has 4 saturated heterocycles. The summed E-state index contributed by atoms with van der Waals surface area (Å²) in [6.45, 7) is -0.556. The number of aliphatic hydroxyl groups excluding tert-OH is 13. The molecule has 6 heterocycles. The Morgan fingerprint density at radius 1 is 0.598 bits per heavy atom. The zero-order valence-electron chi connectivity index (χ0n) is 52.7. The molecule has 6 amide bonds. The van der Waals surface area contributed by atoms with E-state index < -0.39 is 246 Å². The van der Waals surface area contributed by atoms with Gasteiger partial charge in [0.05, 0.1) is 58.1 Å². The Labute approximate surface area is 553 Å². The fourth-order valence-electron chi connectivity index (χ4n) is 11.9. The number of amides is 6. The maximum Gasteiger partial charge on any atom is 0.306 e. The van der Waals surface area contributed by atoms with E-state index in [1.165, 1.54) is 24.3 Å². The van der Waals surface area contributed by atoms with Gasteiger partial charge in [-0.15, -0.1) is 0 Å². The Kier molecular flexibility index (Phi) is 25.8. The van der Waals surface area contributed by atoms with Crippen LogP contribution >= 0.6 is 0 Å². The molecule has 0 spiro atoms. The number of hydrogen-bond donors (Lipinski definition) is 22. The highest BCUT2D eigenvalue weighted by atomic mass is 16.7. The number of aliphatic imine (C=N–C) groups is 2. The van der Waals surface area contributed by atoms with Crippen molar-refractivity contribution in [3.63, 3.8) is 0 Å². The van der Waals surface area contributed by atoms with Crippen molar-refractivity contribution in [1.29, 1.82) is 0 Å². The summed E-state index contributed by atoms with van der Waals surface area (Å²) in [4.78, 5) is 109. The van der Waals surface area contributed by atoms with Gasteiger partial charge in [-0.2, -0.15) is 0 Å². The van der Waals surface area contributed by atoms with Crippen molar-refractivity contribution in [2.24, 2.45) is 27.4 Å². The molecule has 2 aromatic rings. The number of nitrogens with two attached hydrogens (primary N) is 2. The number of benzene rings is 2. The molecule has 6 aliphatic rings. The Morgan fingerprint density at radius 2 is 1.19 bits per heavy atom. The average molecular weight is 1380 g/mol. The minimum Gasteiger partial charge on any atom is -0.462 e. The fourth-order valence-corrected chi connectivity index (χ4v) is 11.9. The SMILES string of the molecule is CC(C)CC(=O)O[C@H]1[C@H](O)[C@H](O)[C@@H](O[C@H]2[C@H](O)[C@H](O)[C@@H](Oc3ccc(C[C@H]4NC(=O)[C@@H](C(C)c5ccccc5)NC(=O)CNC(=O)[C@H](CO)NC(=O)[C@@H](C(O)C5CN=C(N)N5[C@H]5O[C@H](CO)[C@@H](O)[C@H](O)[C@@H]5O)NC(=O)[C@H](C(O)C5CN=C(N)N5)NC4=O)cc3)O[C@@H]2CO)O[C@@H]1CO. The van der Waals surface area contributed by atoms with Crippen LogP contribution in [-0.2, 0) is 63.7 Å². The number of nitrogens with zero attached hydrogens (tertiary/aromatic N) is 3. The largest absolute Gasteiger partial charge is 0.462 e. The predicted molar refractivity (Wildman–Crippen MR) is 326 cm³/mol. The topological polar surface area (TPSA) is 602 Å². The van der Waals surface area contributed by atoms with Crippen LogP contribution in [0.5, 0.6) is 5.75 Å². The number of rotatable bonds is 20. The number of nitrogens with one attached hydrogen (secondary N) is 7. The summed E-state index contributed by atoms with van der Waals surface area (Å²) in [5.41, 5.74) is 12.8. The van der Waals surface area contributed by atoms with Crippen molar-refractivity contribution < 1.29 is 128 Å². The molecule has 0 aliphatic carbocycles. The van der Waals surface area contributed by atoms with Gasteiger partial charge in [0, 0.05) is 18.8 Å². The van der Waals surface area contributed by atoms with Crippen molar-refractivity contribution >= 4 is 53.3 Å². The van der Waals surface area contributed by atoms with Crippen molar-refractivity contribution in [3.8, 4) is 5.75 Å². The minimum absolute atomic E-state index is 0.0604. The molecule has 0 bridgehead atoms. The Morgan fingerprint density at radius 3 is 1.81 bits per heavy atom. The van der Waals surface area contributed by atoms with Gasteiger partial charge in [-0.1, -0.05) is 63.2 Å². The zero-order chi connectivity index (χ0) is 70.9. The second kappa shape index (κ2) is 33.3. The number of ether oxygens (including phenoxy) is 6. The first-order valence-corrected chi connectivity index (χ1v) is 31.2. The number of esters is 1. The summed E-state index contributed by atoms with van der Waals surface area (Å²) in [7, 11) is 0. The molecule has 4 fully saturated rings. The first kappa shape index (κ1) is 75.2. The van der Waals surface area contributed by atoms with Crippen LogP contribution in [0.3, 0.4) is 0 Å². The normalized spacial score (nSPS) is 35.9. The fraction of sp³-hybridized carbons (Fsp3) is 0.644. The third-order valence-electron chi connectivity index (χ3n) is 17.3. The molecule has 0 radical (unpaired) electrons. The van der Waals surface area contributed by atoms with E-state index in [9.17, 15) is 90.4 Å². The van der Waals surface area contributed by atoms with E-state index in [0.29, 0.717) is 5.56 Å². The monoisotopic (exact) mass is 1380 g/mol. The molecule has 5 unspecified atom stereocenters. The average Bonchev–Trinajstić information content (AvgIpc) is 1.74. The van der Waals surface area contributed by atoms with Gasteiger partial charge in [0.2, 0.25) is 41.7 Å². The van der Waals surface area contributed by atoms with Gasteiger partial charge in [0.15, 0.2) is 30.5 Å². The van der Waals surface area contributed by atoms with Crippen LogP contribution in [0.4, 0.5) is 0 Å². The molecular formula is C59H86N12O26. The van der Waals surface area contributed by atoms with Gasteiger partial charge in [-0.05, 0) is 29.2 Å². The smallest absolute Gasteiger partial charge is 0.306 e. The number of carbonyl (C=O) groups is 7. The molecule has 38 nitrogen and oxygen atoms in total. The van der Waals surface area contributed by atoms with Gasteiger partial charge in [0.1, 0.15) is 115 Å². The third kappa shape index (κ3) is 17.6. The number of carbonyl (C=O) groups excluding carboxylic acids is 7. The molecule has 97 heavy (non-hydrogen) atoms. The Hall–Kier alpha value is -7.61. The van der Waals surface area contributed by atoms with Crippen LogP contribution in [0.2, 0.25) is 0 Å². The number of aliphatic hydroxyl groups is 13. The first-order chi connectivity index (χ1) is 46.1. The molecule has 0 saturated carbocycles. The summed E-state index contributed by atoms with van der Waals surface area (Å²) in [6.07, 6.45) is -31.9. The third-order valence-corrected chi connectivity index (χ3v) is 17.3. The zero-order valence-corrected chi connectivity index (χ0v) is 52.7. The van der Waals surface area contributed by atoms with E-state index in [-0.39, 0.29) is 36.2 Å². The highest BCUT2D eigenvalue weighted by molar-refractivity contribution is 5.98.